The SMILES string of the molecule is CC(C)(N)C1COc2ccccc2C1. The lowest BCUT2D eigenvalue weighted by Gasteiger charge is -2.34. The lowest BCUT2D eigenvalue weighted by Crippen LogP contribution is -2.46. The highest BCUT2D eigenvalue weighted by atomic mass is 16.5. The predicted molar refractivity (Wildman–Crippen MR) is 57.4 cm³/mol. The van der Waals surface area contributed by atoms with Crippen molar-refractivity contribution in [3.8, 4) is 5.75 Å². The van der Waals surface area contributed by atoms with Gasteiger partial charge in [-0.3, -0.25) is 0 Å². The fourth-order valence-electron chi connectivity index (χ4n) is 1.81. The van der Waals surface area contributed by atoms with Crippen molar-refractivity contribution in [2.24, 2.45) is 11.7 Å². The number of hydrogen-bond acceptors (Lipinski definition) is 2. The van der Waals surface area contributed by atoms with Crippen LogP contribution in [-0.4, -0.2) is 12.1 Å². The van der Waals surface area contributed by atoms with Gasteiger partial charge in [0, 0.05) is 11.5 Å². The molecule has 2 N–H and O–H groups in total. The summed E-state index contributed by atoms with van der Waals surface area (Å²) in [5.41, 5.74) is 7.21. The van der Waals surface area contributed by atoms with Crippen LogP contribution in [-0.2, 0) is 6.42 Å². The molecule has 1 unspecified atom stereocenters. The zero-order valence-corrected chi connectivity index (χ0v) is 8.79. The van der Waals surface area contributed by atoms with E-state index in [0.717, 1.165) is 18.8 Å². The predicted octanol–water partition coefficient (Wildman–Crippen LogP) is 1.97. The molecule has 2 nitrogen and oxygen atoms in total. The Kier molecular flexibility index (Phi) is 2.23. The molecule has 2 rings (SSSR count). The average Bonchev–Trinajstić information content (AvgIpc) is 2.16. The second-order valence-corrected chi connectivity index (χ2v) is 4.64. The highest BCUT2D eigenvalue weighted by molar-refractivity contribution is 5.35. The summed E-state index contributed by atoms with van der Waals surface area (Å²) in [7, 11) is 0. The molecule has 1 heterocycles. The van der Waals surface area contributed by atoms with Gasteiger partial charge in [0.2, 0.25) is 0 Å². The first kappa shape index (κ1) is 9.53. The maximum Gasteiger partial charge on any atom is 0.122 e. The van der Waals surface area contributed by atoms with Crippen LogP contribution >= 0.6 is 0 Å². The molecule has 1 aromatic carbocycles. The molecule has 0 amide bonds. The fourth-order valence-corrected chi connectivity index (χ4v) is 1.81. The minimum Gasteiger partial charge on any atom is -0.493 e. The van der Waals surface area contributed by atoms with Crippen molar-refractivity contribution in [2.45, 2.75) is 25.8 Å². The molecule has 0 saturated heterocycles. The molecule has 2 heteroatoms. The van der Waals surface area contributed by atoms with Crippen LogP contribution in [0.15, 0.2) is 24.3 Å². The van der Waals surface area contributed by atoms with Crippen molar-refractivity contribution < 1.29 is 4.74 Å². The summed E-state index contributed by atoms with van der Waals surface area (Å²) >= 11 is 0. The third-order valence-electron chi connectivity index (χ3n) is 2.93. The lowest BCUT2D eigenvalue weighted by atomic mass is 9.82. The third-order valence-corrected chi connectivity index (χ3v) is 2.93. The van der Waals surface area contributed by atoms with Gasteiger partial charge in [-0.15, -0.1) is 0 Å². The van der Waals surface area contributed by atoms with E-state index in [0.29, 0.717) is 5.92 Å². The summed E-state index contributed by atoms with van der Waals surface area (Å²) in [6.07, 6.45) is 1.03. The molecule has 0 aliphatic carbocycles. The van der Waals surface area contributed by atoms with E-state index in [1.807, 2.05) is 18.2 Å². The van der Waals surface area contributed by atoms with Crippen molar-refractivity contribution in [3.05, 3.63) is 29.8 Å². The Morgan fingerprint density at radius 1 is 1.36 bits per heavy atom. The maximum atomic E-state index is 6.09. The minimum atomic E-state index is -0.159. The molecular weight excluding hydrogens is 174 g/mol. The zero-order valence-electron chi connectivity index (χ0n) is 8.79. The van der Waals surface area contributed by atoms with Crippen LogP contribution in [0.2, 0.25) is 0 Å². The van der Waals surface area contributed by atoms with Gasteiger partial charge in [-0.05, 0) is 31.9 Å². The van der Waals surface area contributed by atoms with Crippen LogP contribution in [0.3, 0.4) is 0 Å². The molecule has 76 valence electrons. The summed E-state index contributed by atoms with van der Waals surface area (Å²) in [5, 5.41) is 0. The number of hydrogen-bond donors (Lipinski definition) is 1. The van der Waals surface area contributed by atoms with E-state index in [1.165, 1.54) is 5.56 Å². The molecule has 0 radical (unpaired) electrons. The van der Waals surface area contributed by atoms with Gasteiger partial charge >= 0.3 is 0 Å². The molecule has 0 spiro atoms. The first-order valence-electron chi connectivity index (χ1n) is 5.07. The van der Waals surface area contributed by atoms with Gasteiger partial charge in [0.15, 0.2) is 0 Å². The van der Waals surface area contributed by atoms with E-state index in [2.05, 4.69) is 19.9 Å². The number of benzene rings is 1. The van der Waals surface area contributed by atoms with E-state index >= 15 is 0 Å². The summed E-state index contributed by atoms with van der Waals surface area (Å²) in [6, 6.07) is 8.20. The van der Waals surface area contributed by atoms with Gasteiger partial charge in [0.25, 0.3) is 0 Å². The molecule has 0 fully saturated rings. The van der Waals surface area contributed by atoms with Crippen molar-refractivity contribution in [3.63, 3.8) is 0 Å². The fraction of sp³-hybridized carbons (Fsp3) is 0.500. The lowest BCUT2D eigenvalue weighted by molar-refractivity contribution is 0.165. The zero-order chi connectivity index (χ0) is 10.2. The molecule has 1 aliphatic heterocycles. The Hall–Kier alpha value is -1.02. The molecular formula is C12H17NO. The van der Waals surface area contributed by atoms with Crippen LogP contribution in [0.5, 0.6) is 5.75 Å². The highest BCUT2D eigenvalue weighted by Gasteiger charge is 2.29. The van der Waals surface area contributed by atoms with Gasteiger partial charge in [0.05, 0.1) is 6.61 Å². The Morgan fingerprint density at radius 3 is 2.79 bits per heavy atom. The molecule has 14 heavy (non-hydrogen) atoms. The molecule has 1 aromatic rings. The van der Waals surface area contributed by atoms with Crippen LogP contribution in [0.1, 0.15) is 19.4 Å². The maximum absolute atomic E-state index is 6.09. The monoisotopic (exact) mass is 191 g/mol. The van der Waals surface area contributed by atoms with Crippen molar-refractivity contribution >= 4 is 0 Å². The van der Waals surface area contributed by atoms with E-state index in [-0.39, 0.29) is 5.54 Å². The summed E-state index contributed by atoms with van der Waals surface area (Å²) in [5.74, 6) is 1.44. The second kappa shape index (κ2) is 3.28. The number of fused-ring (bicyclic) bond motifs is 1. The number of ether oxygens (including phenoxy) is 1. The summed E-state index contributed by atoms with van der Waals surface area (Å²) in [4.78, 5) is 0. The van der Waals surface area contributed by atoms with Gasteiger partial charge in [-0.25, -0.2) is 0 Å². The van der Waals surface area contributed by atoms with Crippen molar-refractivity contribution in [2.75, 3.05) is 6.61 Å². The van der Waals surface area contributed by atoms with Crippen molar-refractivity contribution in [1.29, 1.82) is 0 Å². The molecule has 0 saturated carbocycles. The van der Waals surface area contributed by atoms with Crippen LogP contribution in [0.25, 0.3) is 0 Å². The van der Waals surface area contributed by atoms with Crippen LogP contribution < -0.4 is 10.5 Å². The second-order valence-electron chi connectivity index (χ2n) is 4.64. The summed E-state index contributed by atoms with van der Waals surface area (Å²) in [6.45, 7) is 4.87. The number of nitrogens with two attached hydrogens (primary N) is 1. The first-order valence-corrected chi connectivity index (χ1v) is 5.07. The van der Waals surface area contributed by atoms with Gasteiger partial charge in [0.1, 0.15) is 5.75 Å². The van der Waals surface area contributed by atoms with E-state index < -0.39 is 0 Å². The normalized spacial score (nSPS) is 21.2. The Bertz CT molecular complexity index is 327. The number of rotatable bonds is 1. The molecule has 1 atom stereocenters. The highest BCUT2D eigenvalue weighted by Crippen LogP contribution is 2.30. The molecule has 1 aliphatic rings. The Labute approximate surface area is 85.1 Å². The van der Waals surface area contributed by atoms with E-state index in [4.69, 9.17) is 10.5 Å². The molecule has 0 aromatic heterocycles. The Morgan fingerprint density at radius 2 is 2.07 bits per heavy atom. The molecule has 0 bridgehead atoms. The standard InChI is InChI=1S/C12H17NO/c1-12(2,13)10-7-9-5-3-4-6-11(9)14-8-10/h3-6,10H,7-8,13H2,1-2H3. The van der Waals surface area contributed by atoms with E-state index in [1.54, 1.807) is 0 Å². The number of para-hydroxylation sites is 1. The smallest absolute Gasteiger partial charge is 0.122 e. The minimum absolute atomic E-state index is 0.159. The largest absolute Gasteiger partial charge is 0.493 e. The third kappa shape index (κ3) is 1.75. The quantitative estimate of drug-likeness (QED) is 0.736. The Balaban J connectivity index is 2.22. The van der Waals surface area contributed by atoms with Crippen LogP contribution in [0, 0.1) is 5.92 Å². The average molecular weight is 191 g/mol. The summed E-state index contributed by atoms with van der Waals surface area (Å²) < 4.78 is 5.68. The van der Waals surface area contributed by atoms with Gasteiger partial charge in [-0.1, -0.05) is 18.2 Å². The van der Waals surface area contributed by atoms with Crippen LogP contribution in [0.4, 0.5) is 0 Å². The van der Waals surface area contributed by atoms with Gasteiger partial charge < -0.3 is 10.5 Å². The first-order chi connectivity index (χ1) is 6.57. The van der Waals surface area contributed by atoms with Crippen molar-refractivity contribution in [1.82, 2.24) is 0 Å². The van der Waals surface area contributed by atoms with E-state index in [9.17, 15) is 0 Å². The van der Waals surface area contributed by atoms with Gasteiger partial charge in [-0.2, -0.15) is 0 Å². The topological polar surface area (TPSA) is 35.2 Å².